The quantitative estimate of drug-likeness (QED) is 0.484. The Morgan fingerprint density at radius 3 is 2.68 bits per heavy atom. The van der Waals surface area contributed by atoms with Crippen molar-refractivity contribution in [2.24, 2.45) is 0 Å². The predicted octanol–water partition coefficient (Wildman–Crippen LogP) is 2.51. The third-order valence-corrected chi connectivity index (χ3v) is 4.01. The SMILES string of the molecule is Cc1nc(C)c(C(=O)NCCNc2ccccc2[N+](=O)[O-])s1. The number of carbonyl (C=O) groups is 1. The largest absolute Gasteiger partial charge is 0.378 e. The van der Waals surface area contributed by atoms with Gasteiger partial charge < -0.3 is 10.6 Å². The molecule has 2 aromatic rings. The first-order valence-electron chi connectivity index (χ1n) is 6.68. The van der Waals surface area contributed by atoms with E-state index in [1.807, 2.05) is 6.92 Å². The van der Waals surface area contributed by atoms with E-state index < -0.39 is 4.92 Å². The van der Waals surface area contributed by atoms with Crippen LogP contribution < -0.4 is 10.6 Å². The minimum absolute atomic E-state index is 0.0164. The van der Waals surface area contributed by atoms with Crippen molar-refractivity contribution in [1.29, 1.82) is 0 Å². The van der Waals surface area contributed by atoms with E-state index in [1.54, 1.807) is 25.1 Å². The fourth-order valence-electron chi connectivity index (χ4n) is 1.98. The van der Waals surface area contributed by atoms with Gasteiger partial charge in [0.15, 0.2) is 0 Å². The number of amides is 1. The number of benzene rings is 1. The Bertz CT molecular complexity index is 699. The normalized spacial score (nSPS) is 10.3. The number of aryl methyl sites for hydroxylation is 2. The molecule has 2 N–H and O–H groups in total. The van der Waals surface area contributed by atoms with Crippen molar-refractivity contribution in [3.63, 3.8) is 0 Å². The molecule has 0 bridgehead atoms. The van der Waals surface area contributed by atoms with Gasteiger partial charge in [-0.3, -0.25) is 14.9 Å². The summed E-state index contributed by atoms with van der Waals surface area (Å²) < 4.78 is 0. The zero-order chi connectivity index (χ0) is 16.1. The summed E-state index contributed by atoms with van der Waals surface area (Å²) >= 11 is 1.35. The average molecular weight is 320 g/mol. The highest BCUT2D eigenvalue weighted by Crippen LogP contribution is 2.22. The number of nitro benzene ring substituents is 1. The third kappa shape index (κ3) is 3.79. The summed E-state index contributed by atoms with van der Waals surface area (Å²) in [6.07, 6.45) is 0. The fraction of sp³-hybridized carbons (Fsp3) is 0.286. The summed E-state index contributed by atoms with van der Waals surface area (Å²) in [4.78, 5) is 27.2. The van der Waals surface area contributed by atoms with Crippen LogP contribution in [-0.2, 0) is 0 Å². The molecule has 2 rings (SSSR count). The minimum atomic E-state index is -0.440. The maximum Gasteiger partial charge on any atom is 0.292 e. The number of nitrogens with zero attached hydrogens (tertiary/aromatic N) is 2. The molecule has 0 fully saturated rings. The van der Waals surface area contributed by atoms with Crippen molar-refractivity contribution in [1.82, 2.24) is 10.3 Å². The van der Waals surface area contributed by atoms with Crippen LogP contribution in [0.3, 0.4) is 0 Å². The number of thiazole rings is 1. The van der Waals surface area contributed by atoms with Gasteiger partial charge in [0, 0.05) is 19.2 Å². The van der Waals surface area contributed by atoms with Crippen LogP contribution in [0.25, 0.3) is 0 Å². The standard InChI is InChI=1S/C14H16N4O3S/c1-9-13(22-10(2)17-9)14(19)16-8-7-15-11-5-3-4-6-12(11)18(20)21/h3-6,15H,7-8H2,1-2H3,(H,16,19). The van der Waals surface area contributed by atoms with E-state index in [-0.39, 0.29) is 11.6 Å². The van der Waals surface area contributed by atoms with Gasteiger partial charge in [-0.25, -0.2) is 4.98 Å². The first-order valence-corrected chi connectivity index (χ1v) is 7.50. The minimum Gasteiger partial charge on any atom is -0.378 e. The number of nitro groups is 1. The number of hydrogen-bond acceptors (Lipinski definition) is 6. The molecule has 1 amide bonds. The molecule has 0 spiro atoms. The van der Waals surface area contributed by atoms with Crippen LogP contribution >= 0.6 is 11.3 Å². The number of rotatable bonds is 6. The van der Waals surface area contributed by atoms with Crippen molar-refractivity contribution in [3.8, 4) is 0 Å². The summed E-state index contributed by atoms with van der Waals surface area (Å²) in [6, 6.07) is 6.40. The number of nitrogens with one attached hydrogen (secondary N) is 2. The topological polar surface area (TPSA) is 97.2 Å². The molecule has 0 aliphatic heterocycles. The Morgan fingerprint density at radius 2 is 2.05 bits per heavy atom. The summed E-state index contributed by atoms with van der Waals surface area (Å²) in [5.74, 6) is -0.174. The molecule has 0 aliphatic carbocycles. The highest BCUT2D eigenvalue weighted by Gasteiger charge is 2.14. The van der Waals surface area contributed by atoms with Gasteiger partial charge in [0.25, 0.3) is 11.6 Å². The molecule has 1 aromatic carbocycles. The Morgan fingerprint density at radius 1 is 1.32 bits per heavy atom. The Hall–Kier alpha value is -2.48. The summed E-state index contributed by atoms with van der Waals surface area (Å²) in [5, 5.41) is 17.4. The predicted molar refractivity (Wildman–Crippen MR) is 85.5 cm³/mol. The lowest BCUT2D eigenvalue weighted by atomic mass is 10.2. The van der Waals surface area contributed by atoms with Gasteiger partial charge >= 0.3 is 0 Å². The van der Waals surface area contributed by atoms with Gasteiger partial charge in [-0.15, -0.1) is 11.3 Å². The highest BCUT2D eigenvalue weighted by molar-refractivity contribution is 7.13. The van der Waals surface area contributed by atoms with Crippen LogP contribution in [0.5, 0.6) is 0 Å². The third-order valence-electron chi connectivity index (χ3n) is 2.94. The van der Waals surface area contributed by atoms with Gasteiger partial charge in [0.2, 0.25) is 0 Å². The van der Waals surface area contributed by atoms with E-state index in [0.717, 1.165) is 5.01 Å². The molecule has 0 atom stereocenters. The van der Waals surface area contributed by atoms with Crippen molar-refractivity contribution in [3.05, 3.63) is 50.0 Å². The van der Waals surface area contributed by atoms with E-state index in [9.17, 15) is 14.9 Å². The second kappa shape index (κ2) is 6.99. The highest BCUT2D eigenvalue weighted by atomic mass is 32.1. The summed E-state index contributed by atoms with van der Waals surface area (Å²) in [7, 11) is 0. The average Bonchev–Trinajstić information content (AvgIpc) is 2.82. The molecule has 1 heterocycles. The molecule has 116 valence electrons. The molecule has 0 unspecified atom stereocenters. The lowest BCUT2D eigenvalue weighted by Gasteiger charge is -2.08. The summed E-state index contributed by atoms with van der Waals surface area (Å²) in [5.41, 5.74) is 1.17. The van der Waals surface area contributed by atoms with Gasteiger partial charge in [0.05, 0.1) is 15.6 Å². The number of carbonyl (C=O) groups excluding carboxylic acids is 1. The molecule has 1 aromatic heterocycles. The Kier molecular flexibility index (Phi) is 5.05. The lowest BCUT2D eigenvalue weighted by molar-refractivity contribution is -0.384. The molecular weight excluding hydrogens is 304 g/mol. The molecule has 22 heavy (non-hydrogen) atoms. The monoisotopic (exact) mass is 320 g/mol. The fourth-order valence-corrected chi connectivity index (χ4v) is 2.81. The molecule has 7 nitrogen and oxygen atoms in total. The van der Waals surface area contributed by atoms with Crippen LogP contribution in [0, 0.1) is 24.0 Å². The zero-order valence-electron chi connectivity index (χ0n) is 12.3. The van der Waals surface area contributed by atoms with E-state index in [4.69, 9.17) is 0 Å². The molecule has 0 saturated carbocycles. The lowest BCUT2D eigenvalue weighted by Crippen LogP contribution is -2.28. The maximum atomic E-state index is 12.0. The first-order chi connectivity index (χ1) is 10.5. The molecular formula is C14H16N4O3S. The van der Waals surface area contributed by atoms with Crippen LogP contribution in [0.4, 0.5) is 11.4 Å². The van der Waals surface area contributed by atoms with Crippen molar-refractivity contribution in [2.75, 3.05) is 18.4 Å². The number of aromatic nitrogens is 1. The van der Waals surface area contributed by atoms with Crippen LogP contribution in [0.2, 0.25) is 0 Å². The van der Waals surface area contributed by atoms with Crippen molar-refractivity contribution >= 4 is 28.6 Å². The second-order valence-corrected chi connectivity index (χ2v) is 5.81. The van der Waals surface area contributed by atoms with Crippen LogP contribution in [-0.4, -0.2) is 28.9 Å². The number of para-hydroxylation sites is 2. The molecule has 0 aliphatic rings. The van der Waals surface area contributed by atoms with Gasteiger partial charge in [0.1, 0.15) is 10.6 Å². The van der Waals surface area contributed by atoms with Crippen molar-refractivity contribution < 1.29 is 9.72 Å². The smallest absolute Gasteiger partial charge is 0.292 e. The van der Waals surface area contributed by atoms with Gasteiger partial charge in [-0.2, -0.15) is 0 Å². The maximum absolute atomic E-state index is 12.0. The Labute approximate surface area is 131 Å². The molecule has 0 radical (unpaired) electrons. The van der Waals surface area contributed by atoms with E-state index in [1.165, 1.54) is 17.4 Å². The Balaban J connectivity index is 1.86. The second-order valence-electron chi connectivity index (χ2n) is 4.60. The van der Waals surface area contributed by atoms with Crippen molar-refractivity contribution in [2.45, 2.75) is 13.8 Å². The molecule has 8 heteroatoms. The van der Waals surface area contributed by atoms with Gasteiger partial charge in [-0.05, 0) is 19.9 Å². The molecule has 0 saturated heterocycles. The van der Waals surface area contributed by atoms with Crippen LogP contribution in [0.15, 0.2) is 24.3 Å². The number of anilines is 1. The zero-order valence-corrected chi connectivity index (χ0v) is 13.1. The van der Waals surface area contributed by atoms with E-state index in [2.05, 4.69) is 15.6 Å². The van der Waals surface area contributed by atoms with Gasteiger partial charge in [-0.1, -0.05) is 12.1 Å². The number of hydrogen-bond donors (Lipinski definition) is 2. The van der Waals surface area contributed by atoms with Crippen LogP contribution in [0.1, 0.15) is 20.4 Å². The summed E-state index contributed by atoms with van der Waals surface area (Å²) in [6.45, 7) is 4.41. The first kappa shape index (κ1) is 15.9. The van der Waals surface area contributed by atoms with E-state index in [0.29, 0.717) is 29.3 Å². The van der Waals surface area contributed by atoms with E-state index >= 15 is 0 Å².